The first-order valence-corrected chi connectivity index (χ1v) is 12.5. The van der Waals surface area contributed by atoms with Crippen molar-refractivity contribution in [2.45, 2.75) is 57.4 Å². The lowest BCUT2D eigenvalue weighted by molar-refractivity contribution is 0.0702. The van der Waals surface area contributed by atoms with Crippen molar-refractivity contribution in [3.63, 3.8) is 0 Å². The van der Waals surface area contributed by atoms with Crippen molar-refractivity contribution in [3.8, 4) is 11.3 Å². The van der Waals surface area contributed by atoms with Crippen molar-refractivity contribution >= 4 is 44.1 Å². The van der Waals surface area contributed by atoms with Crippen LogP contribution in [0.2, 0.25) is 0 Å². The van der Waals surface area contributed by atoms with Gasteiger partial charge in [0, 0.05) is 30.2 Å². The van der Waals surface area contributed by atoms with E-state index in [9.17, 15) is 9.90 Å². The Hall–Kier alpha value is -2.86. The van der Waals surface area contributed by atoms with Crippen LogP contribution in [0.15, 0.2) is 36.5 Å². The second-order valence-electron chi connectivity index (χ2n) is 9.07. The zero-order valence-corrected chi connectivity index (χ0v) is 18.9. The molecule has 0 spiro atoms. The molecule has 0 unspecified atom stereocenters. The summed E-state index contributed by atoms with van der Waals surface area (Å²) in [6.07, 6.45) is 10.2. The highest BCUT2D eigenvalue weighted by molar-refractivity contribution is 7.21. The number of nitrogens with one attached hydrogen (secondary N) is 1. The van der Waals surface area contributed by atoms with Crippen molar-refractivity contribution in [1.29, 1.82) is 0 Å². The number of carbonyl (C=O) groups is 1. The highest BCUT2D eigenvalue weighted by Crippen LogP contribution is 2.49. The molecule has 1 aliphatic heterocycles. The minimum absolute atomic E-state index is 0.447. The van der Waals surface area contributed by atoms with E-state index in [2.05, 4.69) is 33.1 Å². The number of carboxylic acids is 1. The van der Waals surface area contributed by atoms with Gasteiger partial charge in [0.25, 0.3) is 0 Å². The van der Waals surface area contributed by atoms with Crippen molar-refractivity contribution < 1.29 is 9.90 Å². The standard InChI is InChI=1S/C26H27N3O2S/c30-26(31)21-15-20-25(32-21)22(16-7-2-1-3-8-16)24-18-10-11-19-17(9-6-13-27-19)23(18)28-12-4-5-14-29(20)24/h6,9-11,13,15-16,28H,1-5,7-8,12,14H2,(H,30,31). The smallest absolute Gasteiger partial charge is 0.345 e. The molecule has 1 fully saturated rings. The van der Waals surface area contributed by atoms with Gasteiger partial charge in [-0.2, -0.15) is 0 Å². The van der Waals surface area contributed by atoms with E-state index in [4.69, 9.17) is 0 Å². The molecule has 0 radical (unpaired) electrons. The van der Waals surface area contributed by atoms with Crippen LogP contribution in [0.3, 0.4) is 0 Å². The molecule has 164 valence electrons. The number of rotatable bonds is 2. The minimum Gasteiger partial charge on any atom is -0.477 e. The molecule has 1 saturated carbocycles. The lowest BCUT2D eigenvalue weighted by atomic mass is 9.82. The van der Waals surface area contributed by atoms with E-state index < -0.39 is 5.97 Å². The molecular weight excluding hydrogens is 418 g/mol. The number of fused-ring (bicyclic) bond motifs is 7. The van der Waals surface area contributed by atoms with Gasteiger partial charge in [0.1, 0.15) is 4.88 Å². The van der Waals surface area contributed by atoms with E-state index >= 15 is 0 Å². The predicted molar refractivity (Wildman–Crippen MR) is 131 cm³/mol. The molecule has 2 aliphatic rings. The summed E-state index contributed by atoms with van der Waals surface area (Å²) in [4.78, 5) is 16.9. The van der Waals surface area contributed by atoms with Crippen molar-refractivity contribution in [2.75, 3.05) is 11.9 Å². The highest BCUT2D eigenvalue weighted by atomic mass is 32.1. The zero-order chi connectivity index (χ0) is 21.7. The van der Waals surface area contributed by atoms with Gasteiger partial charge in [-0.05, 0) is 67.5 Å². The molecule has 32 heavy (non-hydrogen) atoms. The first-order valence-electron chi connectivity index (χ1n) is 11.7. The SMILES string of the molecule is O=C(O)c1cc2c(s1)c(C1CCCCC1)c1n2CCCCNc2c-1ccc1ncccc21. The van der Waals surface area contributed by atoms with Crippen molar-refractivity contribution in [1.82, 2.24) is 9.55 Å². The Labute approximate surface area is 191 Å². The maximum absolute atomic E-state index is 11.8. The molecule has 4 heterocycles. The van der Waals surface area contributed by atoms with Crippen molar-refractivity contribution in [3.05, 3.63) is 47.0 Å². The molecule has 0 amide bonds. The number of thiophene rings is 1. The summed E-state index contributed by atoms with van der Waals surface area (Å²) >= 11 is 1.46. The molecular formula is C26H27N3O2S. The van der Waals surface area contributed by atoms with Gasteiger partial charge in [-0.3, -0.25) is 4.98 Å². The molecule has 1 aromatic carbocycles. The Bertz CT molecular complexity index is 1330. The fourth-order valence-electron chi connectivity index (χ4n) is 5.69. The Morgan fingerprint density at radius 2 is 2.00 bits per heavy atom. The van der Waals surface area contributed by atoms with E-state index in [1.807, 2.05) is 18.3 Å². The van der Waals surface area contributed by atoms with E-state index in [1.165, 1.54) is 70.6 Å². The van der Waals surface area contributed by atoms with E-state index in [0.717, 1.165) is 42.4 Å². The Kier molecular flexibility index (Phi) is 4.90. The van der Waals surface area contributed by atoms with Crippen LogP contribution in [0.5, 0.6) is 0 Å². The summed E-state index contributed by atoms with van der Waals surface area (Å²) in [5, 5.41) is 14.6. The Balaban J connectivity index is 1.69. The summed E-state index contributed by atoms with van der Waals surface area (Å²) in [6, 6.07) is 10.4. The van der Waals surface area contributed by atoms with Gasteiger partial charge >= 0.3 is 5.97 Å². The number of benzene rings is 1. The summed E-state index contributed by atoms with van der Waals surface area (Å²) in [7, 11) is 0. The van der Waals surface area contributed by atoms with Gasteiger partial charge < -0.3 is 15.0 Å². The van der Waals surface area contributed by atoms with Crippen LogP contribution in [0.25, 0.3) is 32.4 Å². The predicted octanol–water partition coefficient (Wildman–Crippen LogP) is 6.87. The van der Waals surface area contributed by atoms with Gasteiger partial charge in [0.05, 0.1) is 27.1 Å². The molecule has 0 saturated heterocycles. The average Bonchev–Trinajstić information content (AvgIpc) is 3.38. The van der Waals surface area contributed by atoms with Gasteiger partial charge in [-0.15, -0.1) is 11.3 Å². The van der Waals surface area contributed by atoms with Crippen LogP contribution >= 0.6 is 11.3 Å². The number of nitrogens with zero attached hydrogens (tertiary/aromatic N) is 2. The fourth-order valence-corrected chi connectivity index (χ4v) is 6.82. The van der Waals surface area contributed by atoms with Crippen LogP contribution in [-0.4, -0.2) is 27.2 Å². The number of hydrogen-bond acceptors (Lipinski definition) is 4. The quantitative estimate of drug-likeness (QED) is 0.353. The van der Waals surface area contributed by atoms with Crippen LogP contribution < -0.4 is 5.32 Å². The van der Waals surface area contributed by atoms with Crippen LogP contribution in [0.1, 0.15) is 66.1 Å². The van der Waals surface area contributed by atoms with Gasteiger partial charge in [0.15, 0.2) is 0 Å². The highest BCUT2D eigenvalue weighted by Gasteiger charge is 2.30. The number of hydrogen-bond donors (Lipinski definition) is 2. The number of aryl methyl sites for hydroxylation is 1. The van der Waals surface area contributed by atoms with Crippen LogP contribution in [0, 0.1) is 0 Å². The number of aromatic nitrogens is 2. The zero-order valence-electron chi connectivity index (χ0n) is 18.1. The Morgan fingerprint density at radius 3 is 2.84 bits per heavy atom. The largest absolute Gasteiger partial charge is 0.477 e. The third-order valence-electron chi connectivity index (χ3n) is 7.15. The van der Waals surface area contributed by atoms with E-state index in [-0.39, 0.29) is 0 Å². The first-order chi connectivity index (χ1) is 15.7. The monoisotopic (exact) mass is 445 g/mol. The molecule has 1 aliphatic carbocycles. The molecule has 2 N–H and O–H groups in total. The number of carboxylic acid groups (broad SMARTS) is 1. The molecule has 0 bridgehead atoms. The topological polar surface area (TPSA) is 67.2 Å². The van der Waals surface area contributed by atoms with Crippen molar-refractivity contribution in [2.24, 2.45) is 0 Å². The number of aromatic carboxylic acids is 1. The summed E-state index contributed by atoms with van der Waals surface area (Å²) in [5.41, 5.74) is 7.18. The molecule has 5 nitrogen and oxygen atoms in total. The molecule has 0 atom stereocenters. The second-order valence-corrected chi connectivity index (χ2v) is 10.1. The molecule has 6 heteroatoms. The first kappa shape index (κ1) is 19.8. The molecule has 4 aromatic rings. The van der Waals surface area contributed by atoms with Crippen LogP contribution in [0.4, 0.5) is 5.69 Å². The maximum atomic E-state index is 11.8. The lowest BCUT2D eigenvalue weighted by Gasteiger charge is -2.24. The average molecular weight is 446 g/mol. The third kappa shape index (κ3) is 3.12. The molecule has 6 rings (SSSR count). The minimum atomic E-state index is -0.822. The van der Waals surface area contributed by atoms with E-state index in [0.29, 0.717) is 10.8 Å². The number of pyridine rings is 1. The second kappa shape index (κ2) is 7.93. The fraction of sp³-hybridized carbons (Fsp3) is 0.385. The third-order valence-corrected chi connectivity index (χ3v) is 8.29. The summed E-state index contributed by atoms with van der Waals surface area (Å²) in [6.45, 7) is 1.85. The van der Waals surface area contributed by atoms with Crippen LogP contribution in [-0.2, 0) is 6.54 Å². The Morgan fingerprint density at radius 1 is 1.12 bits per heavy atom. The normalized spacial score (nSPS) is 17.2. The van der Waals surface area contributed by atoms with Gasteiger partial charge in [-0.1, -0.05) is 19.3 Å². The van der Waals surface area contributed by atoms with Gasteiger partial charge in [0.2, 0.25) is 0 Å². The summed E-state index contributed by atoms with van der Waals surface area (Å²) < 4.78 is 3.61. The van der Waals surface area contributed by atoms with Gasteiger partial charge in [-0.25, -0.2) is 4.79 Å². The number of anilines is 1. The van der Waals surface area contributed by atoms with E-state index in [1.54, 1.807) is 0 Å². The lowest BCUT2D eigenvalue weighted by Crippen LogP contribution is -2.08. The summed E-state index contributed by atoms with van der Waals surface area (Å²) in [5.74, 6) is -0.335. The molecule has 3 aromatic heterocycles. The maximum Gasteiger partial charge on any atom is 0.345 e.